The highest BCUT2D eigenvalue weighted by Gasteiger charge is 2.27. The molecule has 0 aromatic rings. The lowest BCUT2D eigenvalue weighted by atomic mass is 9.86. The zero-order valence-electron chi connectivity index (χ0n) is 18.7. The largest absolute Gasteiger partial charge is 0.306 e. The summed E-state index contributed by atoms with van der Waals surface area (Å²) >= 11 is 0. The fourth-order valence-corrected chi connectivity index (χ4v) is 5.76. The lowest BCUT2D eigenvalue weighted by Crippen LogP contribution is -2.46. The molecule has 3 saturated heterocycles. The van der Waals surface area contributed by atoms with Gasteiger partial charge in [-0.3, -0.25) is 0 Å². The molecule has 0 radical (unpaired) electrons. The van der Waals surface area contributed by atoms with Gasteiger partial charge in [0.05, 0.1) is 0 Å². The van der Waals surface area contributed by atoms with E-state index in [4.69, 9.17) is 0 Å². The van der Waals surface area contributed by atoms with Gasteiger partial charge in [-0.15, -0.1) is 0 Å². The molecule has 0 amide bonds. The van der Waals surface area contributed by atoms with Crippen molar-refractivity contribution in [2.24, 2.45) is 17.8 Å². The predicted octanol–water partition coefficient (Wildman–Crippen LogP) is 4.72. The molecule has 0 aromatic carbocycles. The molecule has 158 valence electrons. The summed E-state index contributed by atoms with van der Waals surface area (Å²) in [6.07, 6.45) is 14.6. The van der Waals surface area contributed by atoms with Crippen molar-refractivity contribution < 1.29 is 0 Å². The van der Waals surface area contributed by atoms with Crippen LogP contribution in [0.15, 0.2) is 0 Å². The van der Waals surface area contributed by atoms with Crippen LogP contribution in [0.25, 0.3) is 0 Å². The van der Waals surface area contributed by atoms with Crippen LogP contribution in [-0.4, -0.2) is 73.6 Å². The molecule has 3 fully saturated rings. The van der Waals surface area contributed by atoms with Gasteiger partial charge >= 0.3 is 0 Å². The van der Waals surface area contributed by atoms with Crippen molar-refractivity contribution >= 4 is 0 Å². The van der Waals surface area contributed by atoms with E-state index in [0.717, 1.165) is 23.8 Å². The normalized spacial score (nSPS) is 27.7. The van der Waals surface area contributed by atoms with Crippen LogP contribution < -0.4 is 0 Å². The van der Waals surface area contributed by atoms with E-state index in [9.17, 15) is 0 Å². The zero-order valence-corrected chi connectivity index (χ0v) is 18.7. The summed E-state index contributed by atoms with van der Waals surface area (Å²) < 4.78 is 0. The molecule has 2 unspecified atom stereocenters. The summed E-state index contributed by atoms with van der Waals surface area (Å²) in [5.74, 6) is 2.85. The molecule has 0 spiro atoms. The molecule has 3 heterocycles. The van der Waals surface area contributed by atoms with Crippen LogP contribution in [0.2, 0.25) is 0 Å². The quantitative estimate of drug-likeness (QED) is 0.606. The van der Waals surface area contributed by atoms with Crippen molar-refractivity contribution in [1.29, 1.82) is 0 Å². The molecule has 3 aliphatic heterocycles. The summed E-state index contributed by atoms with van der Waals surface area (Å²) in [5, 5.41) is 0. The van der Waals surface area contributed by atoms with E-state index in [-0.39, 0.29) is 0 Å². The van der Waals surface area contributed by atoms with Gasteiger partial charge in [0, 0.05) is 12.6 Å². The van der Waals surface area contributed by atoms with Gasteiger partial charge < -0.3 is 14.7 Å². The molecule has 0 bridgehead atoms. The fraction of sp³-hybridized carbons (Fsp3) is 1.00. The predicted molar refractivity (Wildman–Crippen MR) is 117 cm³/mol. The van der Waals surface area contributed by atoms with Gasteiger partial charge in [-0.2, -0.15) is 0 Å². The van der Waals surface area contributed by atoms with Gasteiger partial charge in [-0.05, 0) is 110 Å². The van der Waals surface area contributed by atoms with Crippen molar-refractivity contribution in [3.63, 3.8) is 0 Å². The van der Waals surface area contributed by atoms with E-state index in [1.54, 1.807) is 0 Å². The molecule has 27 heavy (non-hydrogen) atoms. The summed E-state index contributed by atoms with van der Waals surface area (Å²) in [4.78, 5) is 8.03. The first-order chi connectivity index (χ1) is 13.1. The molecule has 3 heteroatoms. The molecule has 3 rings (SSSR count). The third-order valence-electron chi connectivity index (χ3n) is 8.11. The Morgan fingerprint density at radius 1 is 0.741 bits per heavy atom. The Morgan fingerprint density at radius 3 is 1.89 bits per heavy atom. The Kier molecular flexibility index (Phi) is 8.93. The lowest BCUT2D eigenvalue weighted by Gasteiger charge is -2.40. The third kappa shape index (κ3) is 7.01. The van der Waals surface area contributed by atoms with Gasteiger partial charge in [-0.1, -0.05) is 32.6 Å². The number of likely N-dealkylation sites (tertiary alicyclic amines) is 3. The van der Waals surface area contributed by atoms with E-state index in [0.29, 0.717) is 0 Å². The second-order valence-corrected chi connectivity index (χ2v) is 10.2. The standard InChI is InChI=1S/C24H47N3/c1-21(20-26-14-5-4-6-15-26)22(2)27-18-12-24(13-19-27)9-7-8-23-10-16-25(3)17-11-23/h21-24H,4-20H2,1-3H3. The van der Waals surface area contributed by atoms with E-state index in [1.807, 2.05) is 0 Å². The van der Waals surface area contributed by atoms with E-state index >= 15 is 0 Å². The molecule has 0 aromatic heterocycles. The van der Waals surface area contributed by atoms with Gasteiger partial charge in [0.2, 0.25) is 0 Å². The highest BCUT2D eigenvalue weighted by molar-refractivity contribution is 4.81. The van der Waals surface area contributed by atoms with Crippen LogP contribution in [0.1, 0.15) is 78.1 Å². The van der Waals surface area contributed by atoms with E-state index in [2.05, 4.69) is 35.6 Å². The first kappa shape index (κ1) is 21.6. The van der Waals surface area contributed by atoms with Crippen LogP contribution in [0.3, 0.4) is 0 Å². The molecule has 3 nitrogen and oxygen atoms in total. The van der Waals surface area contributed by atoms with Gasteiger partial charge in [0.25, 0.3) is 0 Å². The number of hydrogen-bond acceptors (Lipinski definition) is 3. The maximum Gasteiger partial charge on any atom is 0.0105 e. The summed E-state index contributed by atoms with van der Waals surface area (Å²) in [7, 11) is 2.28. The Balaban J connectivity index is 1.28. The Labute approximate surface area is 169 Å². The van der Waals surface area contributed by atoms with Gasteiger partial charge in [0.15, 0.2) is 0 Å². The second-order valence-electron chi connectivity index (χ2n) is 10.2. The minimum absolute atomic E-state index is 0.757. The number of nitrogens with zero attached hydrogens (tertiary/aromatic N) is 3. The average molecular weight is 378 g/mol. The van der Waals surface area contributed by atoms with Crippen molar-refractivity contribution in [3.8, 4) is 0 Å². The van der Waals surface area contributed by atoms with Crippen molar-refractivity contribution in [2.75, 3.05) is 52.9 Å². The van der Waals surface area contributed by atoms with Crippen LogP contribution in [0.4, 0.5) is 0 Å². The summed E-state index contributed by atoms with van der Waals surface area (Å²) in [5.41, 5.74) is 0. The minimum Gasteiger partial charge on any atom is -0.306 e. The summed E-state index contributed by atoms with van der Waals surface area (Å²) in [6, 6.07) is 0.757. The molecule has 0 saturated carbocycles. The maximum absolute atomic E-state index is 2.81. The van der Waals surface area contributed by atoms with Crippen LogP contribution >= 0.6 is 0 Å². The lowest BCUT2D eigenvalue weighted by molar-refractivity contribution is 0.0842. The molecule has 0 aliphatic carbocycles. The van der Waals surface area contributed by atoms with E-state index < -0.39 is 0 Å². The molecule has 3 aliphatic rings. The van der Waals surface area contributed by atoms with E-state index in [1.165, 1.54) is 110 Å². The third-order valence-corrected chi connectivity index (χ3v) is 8.11. The number of piperidine rings is 3. The van der Waals surface area contributed by atoms with Crippen molar-refractivity contribution in [3.05, 3.63) is 0 Å². The zero-order chi connectivity index (χ0) is 19.1. The molecular weight excluding hydrogens is 330 g/mol. The number of rotatable bonds is 8. The number of hydrogen-bond donors (Lipinski definition) is 0. The summed E-state index contributed by atoms with van der Waals surface area (Å²) in [6.45, 7) is 14.4. The highest BCUT2D eigenvalue weighted by Crippen LogP contribution is 2.28. The smallest absolute Gasteiger partial charge is 0.0105 e. The Hall–Kier alpha value is -0.120. The fourth-order valence-electron chi connectivity index (χ4n) is 5.76. The van der Waals surface area contributed by atoms with Crippen LogP contribution in [-0.2, 0) is 0 Å². The molecule has 0 N–H and O–H groups in total. The van der Waals surface area contributed by atoms with Gasteiger partial charge in [0.1, 0.15) is 0 Å². The Morgan fingerprint density at radius 2 is 1.30 bits per heavy atom. The monoisotopic (exact) mass is 377 g/mol. The Bertz CT molecular complexity index is 390. The topological polar surface area (TPSA) is 9.72 Å². The minimum atomic E-state index is 0.757. The average Bonchev–Trinajstić information content (AvgIpc) is 2.70. The van der Waals surface area contributed by atoms with Crippen LogP contribution in [0, 0.1) is 17.8 Å². The van der Waals surface area contributed by atoms with Crippen molar-refractivity contribution in [1.82, 2.24) is 14.7 Å². The second kappa shape index (κ2) is 11.2. The molecule has 2 atom stereocenters. The maximum atomic E-state index is 2.81. The first-order valence-corrected chi connectivity index (χ1v) is 12.3. The van der Waals surface area contributed by atoms with Crippen molar-refractivity contribution in [2.45, 2.75) is 84.1 Å². The van der Waals surface area contributed by atoms with Gasteiger partial charge in [-0.25, -0.2) is 0 Å². The first-order valence-electron chi connectivity index (χ1n) is 12.3. The van der Waals surface area contributed by atoms with Crippen LogP contribution in [0.5, 0.6) is 0 Å². The highest BCUT2D eigenvalue weighted by atomic mass is 15.2. The SMILES string of the molecule is CC(CN1CCCCC1)C(C)N1CCC(CCCC2CCN(C)CC2)CC1. The molecular formula is C24H47N3.